The molecule has 2 aromatic carbocycles. The molecule has 3 aromatic rings. The smallest absolute Gasteiger partial charge is 0.405 e. The zero-order chi connectivity index (χ0) is 21.1. The molecule has 6 nitrogen and oxygen atoms in total. The van der Waals surface area contributed by atoms with Gasteiger partial charge in [-0.05, 0) is 61.9 Å². The van der Waals surface area contributed by atoms with Gasteiger partial charge in [-0.25, -0.2) is 9.78 Å². The molecule has 0 spiro atoms. The standard InChI is InChI=1S/C23H24N2O4/c1-5-28-22-20-8-6-7-19(18(20)11-12-25-22)21(26)17-10-9-16(13(2)14(17)3)15(4)29-23(24)27/h6-12,15H,5H2,1-4H3,(H2,24,27). The fourth-order valence-electron chi connectivity index (χ4n) is 3.54. The minimum absolute atomic E-state index is 0.0835. The second kappa shape index (κ2) is 8.31. The van der Waals surface area contributed by atoms with Crippen LogP contribution in [0.15, 0.2) is 42.6 Å². The molecule has 1 atom stereocenters. The van der Waals surface area contributed by atoms with Crippen LogP contribution in [0.5, 0.6) is 5.88 Å². The van der Waals surface area contributed by atoms with Gasteiger partial charge in [-0.15, -0.1) is 0 Å². The Bertz CT molecular complexity index is 1090. The zero-order valence-electron chi connectivity index (χ0n) is 17.0. The first-order chi connectivity index (χ1) is 13.8. The van der Waals surface area contributed by atoms with Crippen LogP contribution in [0.25, 0.3) is 10.8 Å². The van der Waals surface area contributed by atoms with E-state index < -0.39 is 12.2 Å². The van der Waals surface area contributed by atoms with Crippen LogP contribution in [0.2, 0.25) is 0 Å². The summed E-state index contributed by atoms with van der Waals surface area (Å²) in [6.45, 7) is 7.94. The van der Waals surface area contributed by atoms with Crippen molar-refractivity contribution < 1.29 is 19.1 Å². The SMILES string of the molecule is CCOc1nccc2c(C(=O)c3ccc(C(C)OC(N)=O)c(C)c3C)cccc12. The molecule has 0 bridgehead atoms. The molecule has 1 unspecified atom stereocenters. The lowest BCUT2D eigenvalue weighted by molar-refractivity contribution is 0.103. The molecule has 0 saturated carbocycles. The van der Waals surface area contributed by atoms with Crippen molar-refractivity contribution in [3.63, 3.8) is 0 Å². The molecule has 1 heterocycles. The number of nitrogens with two attached hydrogens (primary N) is 1. The summed E-state index contributed by atoms with van der Waals surface area (Å²) in [6, 6.07) is 10.9. The van der Waals surface area contributed by atoms with Crippen molar-refractivity contribution in [2.75, 3.05) is 6.61 Å². The van der Waals surface area contributed by atoms with Gasteiger partial charge in [0.25, 0.3) is 0 Å². The highest BCUT2D eigenvalue weighted by Crippen LogP contribution is 2.30. The van der Waals surface area contributed by atoms with Gasteiger partial charge in [0.1, 0.15) is 6.10 Å². The summed E-state index contributed by atoms with van der Waals surface area (Å²) in [4.78, 5) is 28.7. The van der Waals surface area contributed by atoms with Gasteiger partial charge in [-0.1, -0.05) is 24.3 Å². The lowest BCUT2D eigenvalue weighted by Crippen LogP contribution is -2.17. The number of ketones is 1. The molecule has 150 valence electrons. The van der Waals surface area contributed by atoms with E-state index in [0.29, 0.717) is 23.6 Å². The Labute approximate surface area is 169 Å². The van der Waals surface area contributed by atoms with Crippen molar-refractivity contribution in [3.8, 4) is 5.88 Å². The minimum Gasteiger partial charge on any atom is -0.478 e. The Kier molecular flexibility index (Phi) is 5.82. The van der Waals surface area contributed by atoms with Gasteiger partial charge in [-0.3, -0.25) is 4.79 Å². The normalized spacial score (nSPS) is 11.9. The lowest BCUT2D eigenvalue weighted by atomic mass is 9.90. The third-order valence-electron chi connectivity index (χ3n) is 5.10. The summed E-state index contributed by atoms with van der Waals surface area (Å²) in [6.07, 6.45) is 0.325. The van der Waals surface area contributed by atoms with Crippen LogP contribution in [-0.4, -0.2) is 23.5 Å². The highest BCUT2D eigenvalue weighted by Gasteiger charge is 2.20. The van der Waals surface area contributed by atoms with E-state index >= 15 is 0 Å². The van der Waals surface area contributed by atoms with E-state index in [4.69, 9.17) is 15.2 Å². The predicted molar refractivity (Wildman–Crippen MR) is 111 cm³/mol. The summed E-state index contributed by atoms with van der Waals surface area (Å²) < 4.78 is 10.7. The molecule has 0 fully saturated rings. The van der Waals surface area contributed by atoms with E-state index in [1.807, 2.05) is 51.1 Å². The molecule has 3 rings (SSSR count). The quantitative estimate of drug-likeness (QED) is 0.617. The number of hydrogen-bond donors (Lipinski definition) is 1. The van der Waals surface area contributed by atoms with Crippen molar-refractivity contribution in [3.05, 3.63) is 70.4 Å². The first-order valence-electron chi connectivity index (χ1n) is 9.46. The summed E-state index contributed by atoms with van der Waals surface area (Å²) >= 11 is 0. The van der Waals surface area contributed by atoms with Crippen molar-refractivity contribution in [2.24, 2.45) is 5.73 Å². The summed E-state index contributed by atoms with van der Waals surface area (Å²) in [5.74, 6) is 0.431. The fraction of sp³-hybridized carbons (Fsp3) is 0.261. The molecule has 0 aliphatic carbocycles. The first-order valence-corrected chi connectivity index (χ1v) is 9.46. The molecule has 2 N–H and O–H groups in total. The van der Waals surface area contributed by atoms with Crippen LogP contribution in [0, 0.1) is 13.8 Å². The van der Waals surface area contributed by atoms with Crippen LogP contribution < -0.4 is 10.5 Å². The molecule has 0 aliphatic rings. The van der Waals surface area contributed by atoms with Crippen molar-refractivity contribution in [2.45, 2.75) is 33.8 Å². The topological polar surface area (TPSA) is 91.5 Å². The number of amides is 1. The average molecular weight is 392 g/mol. The molecule has 0 radical (unpaired) electrons. The monoisotopic (exact) mass is 392 g/mol. The number of ether oxygens (including phenoxy) is 2. The molecular formula is C23H24N2O4. The van der Waals surface area contributed by atoms with Crippen molar-refractivity contribution >= 4 is 22.6 Å². The van der Waals surface area contributed by atoms with Crippen molar-refractivity contribution in [1.82, 2.24) is 4.98 Å². The predicted octanol–water partition coefficient (Wildman–Crippen LogP) is 4.64. The van der Waals surface area contributed by atoms with E-state index in [0.717, 1.165) is 27.5 Å². The summed E-state index contributed by atoms with van der Waals surface area (Å²) in [5, 5.41) is 1.59. The minimum atomic E-state index is -0.829. The first kappa shape index (κ1) is 20.3. The number of primary amides is 1. The Hall–Kier alpha value is -3.41. The second-order valence-electron chi connectivity index (χ2n) is 6.81. The highest BCUT2D eigenvalue weighted by molar-refractivity contribution is 6.17. The maximum Gasteiger partial charge on any atom is 0.405 e. The van der Waals surface area contributed by atoms with Gasteiger partial charge in [0.15, 0.2) is 5.78 Å². The molecule has 6 heteroatoms. The van der Waals surface area contributed by atoms with Gasteiger partial charge in [0.05, 0.1) is 6.61 Å². The average Bonchev–Trinajstić information content (AvgIpc) is 2.69. The second-order valence-corrected chi connectivity index (χ2v) is 6.81. The van der Waals surface area contributed by atoms with Crippen LogP contribution in [0.1, 0.15) is 52.6 Å². The number of pyridine rings is 1. The lowest BCUT2D eigenvalue weighted by Gasteiger charge is -2.18. The summed E-state index contributed by atoms with van der Waals surface area (Å²) in [7, 11) is 0. The third kappa shape index (κ3) is 3.92. The van der Waals surface area contributed by atoms with E-state index in [1.54, 1.807) is 19.2 Å². The van der Waals surface area contributed by atoms with Crippen LogP contribution >= 0.6 is 0 Å². The van der Waals surface area contributed by atoms with Crippen LogP contribution in [0.3, 0.4) is 0 Å². The number of aromatic nitrogens is 1. The summed E-state index contributed by atoms with van der Waals surface area (Å²) in [5.41, 5.74) is 8.86. The van der Waals surface area contributed by atoms with E-state index in [2.05, 4.69) is 4.98 Å². The number of benzene rings is 2. The molecule has 29 heavy (non-hydrogen) atoms. The molecule has 1 aromatic heterocycles. The number of fused-ring (bicyclic) bond motifs is 1. The third-order valence-corrected chi connectivity index (χ3v) is 5.10. The molecular weight excluding hydrogens is 368 g/mol. The van der Waals surface area contributed by atoms with E-state index in [9.17, 15) is 9.59 Å². The van der Waals surface area contributed by atoms with Gasteiger partial charge in [0.2, 0.25) is 5.88 Å². The largest absolute Gasteiger partial charge is 0.478 e. The maximum absolute atomic E-state index is 13.4. The van der Waals surface area contributed by atoms with Gasteiger partial charge in [0, 0.05) is 22.7 Å². The fourth-order valence-corrected chi connectivity index (χ4v) is 3.54. The molecule has 0 aliphatic heterocycles. The van der Waals surface area contributed by atoms with Crippen molar-refractivity contribution in [1.29, 1.82) is 0 Å². The highest BCUT2D eigenvalue weighted by atomic mass is 16.6. The number of nitrogens with zero attached hydrogens (tertiary/aromatic N) is 1. The number of rotatable bonds is 6. The number of carbonyl (C=O) groups excluding carboxylic acids is 2. The van der Waals surface area contributed by atoms with Gasteiger partial charge in [-0.2, -0.15) is 0 Å². The molecule has 1 amide bonds. The van der Waals surface area contributed by atoms with E-state index in [1.165, 1.54) is 0 Å². The molecule has 0 saturated heterocycles. The van der Waals surface area contributed by atoms with Crippen LogP contribution in [-0.2, 0) is 4.74 Å². The number of hydrogen-bond acceptors (Lipinski definition) is 5. The van der Waals surface area contributed by atoms with Gasteiger partial charge < -0.3 is 15.2 Å². The van der Waals surface area contributed by atoms with E-state index in [-0.39, 0.29) is 5.78 Å². The Morgan fingerprint density at radius 2 is 1.79 bits per heavy atom. The van der Waals surface area contributed by atoms with Crippen LogP contribution in [0.4, 0.5) is 4.79 Å². The Balaban J connectivity index is 2.07. The van der Waals surface area contributed by atoms with Gasteiger partial charge >= 0.3 is 6.09 Å². The Morgan fingerprint density at radius 3 is 2.48 bits per heavy atom. The number of carbonyl (C=O) groups is 2. The Morgan fingerprint density at radius 1 is 1.03 bits per heavy atom. The zero-order valence-corrected chi connectivity index (χ0v) is 17.0. The maximum atomic E-state index is 13.4.